The molecule has 2 aliphatic rings. The molecule has 0 bridgehead atoms. The van der Waals surface area contributed by atoms with Gasteiger partial charge >= 0.3 is 6.09 Å². The molecule has 4 heteroatoms. The lowest BCUT2D eigenvalue weighted by molar-refractivity contribution is 0.0116. The Kier molecular flexibility index (Phi) is 3.76. The molecule has 1 aliphatic heterocycles. The van der Waals surface area contributed by atoms with Gasteiger partial charge in [0.15, 0.2) is 0 Å². The second-order valence-electron chi connectivity index (χ2n) is 7.01. The maximum Gasteiger partial charge on any atom is 0.410 e. The van der Waals surface area contributed by atoms with Crippen LogP contribution >= 0.6 is 15.9 Å². The van der Waals surface area contributed by atoms with Crippen LogP contribution in [-0.2, 0) is 11.2 Å². The average Bonchev–Trinajstić information content (AvgIpc) is 3.20. The number of hydrogen-bond donors (Lipinski definition) is 0. The third-order valence-corrected chi connectivity index (χ3v) is 4.85. The molecule has 1 fully saturated rings. The Balaban J connectivity index is 1.91. The van der Waals surface area contributed by atoms with Gasteiger partial charge in [-0.3, -0.25) is 0 Å². The van der Waals surface area contributed by atoms with E-state index >= 15 is 0 Å². The van der Waals surface area contributed by atoms with Gasteiger partial charge in [0.1, 0.15) is 5.60 Å². The second-order valence-corrected chi connectivity index (χ2v) is 7.87. The number of carbonyl (C=O) groups excluding carboxylic acids is 1. The Hall–Kier alpha value is -1.03. The Bertz CT molecular complexity index is 560. The first-order valence-electron chi connectivity index (χ1n) is 7.64. The molecule has 1 saturated carbocycles. The van der Waals surface area contributed by atoms with E-state index in [1.807, 2.05) is 25.7 Å². The molecule has 21 heavy (non-hydrogen) atoms. The zero-order valence-electron chi connectivity index (χ0n) is 12.9. The number of amides is 1. The third kappa shape index (κ3) is 3.10. The molecule has 0 saturated heterocycles. The average molecular weight is 352 g/mol. The summed E-state index contributed by atoms with van der Waals surface area (Å²) in [4.78, 5) is 14.5. The van der Waals surface area contributed by atoms with Gasteiger partial charge in [0.2, 0.25) is 0 Å². The van der Waals surface area contributed by atoms with E-state index in [1.165, 1.54) is 24.0 Å². The summed E-state index contributed by atoms with van der Waals surface area (Å²) in [5.74, 6) is 0.589. The van der Waals surface area contributed by atoms with Crippen molar-refractivity contribution in [2.24, 2.45) is 5.92 Å². The number of ether oxygens (including phenoxy) is 1. The lowest BCUT2D eigenvalue weighted by atomic mass is 9.90. The number of halogens is 1. The predicted molar refractivity (Wildman–Crippen MR) is 86.3 cm³/mol. The van der Waals surface area contributed by atoms with Gasteiger partial charge in [0.05, 0.1) is 6.04 Å². The fourth-order valence-electron chi connectivity index (χ4n) is 3.10. The second kappa shape index (κ2) is 5.31. The Labute approximate surface area is 134 Å². The molecule has 114 valence electrons. The number of carbonyl (C=O) groups is 1. The van der Waals surface area contributed by atoms with Crippen molar-refractivity contribution in [3.8, 4) is 0 Å². The van der Waals surface area contributed by atoms with Crippen LogP contribution in [0.5, 0.6) is 0 Å². The minimum Gasteiger partial charge on any atom is -0.444 e. The first-order chi connectivity index (χ1) is 9.87. The summed E-state index contributed by atoms with van der Waals surface area (Å²) >= 11 is 3.65. The van der Waals surface area contributed by atoms with E-state index in [-0.39, 0.29) is 12.1 Å². The topological polar surface area (TPSA) is 29.5 Å². The fourth-order valence-corrected chi connectivity index (χ4v) is 3.68. The van der Waals surface area contributed by atoms with Crippen LogP contribution in [0.15, 0.2) is 22.7 Å². The van der Waals surface area contributed by atoms with E-state index in [4.69, 9.17) is 4.74 Å². The molecule has 0 aromatic heterocycles. The molecule has 0 spiro atoms. The van der Waals surface area contributed by atoms with Gasteiger partial charge in [0, 0.05) is 11.0 Å². The molecule has 3 nitrogen and oxygen atoms in total. The summed E-state index contributed by atoms with van der Waals surface area (Å²) < 4.78 is 6.77. The third-order valence-electron chi connectivity index (χ3n) is 4.11. The van der Waals surface area contributed by atoms with Gasteiger partial charge in [-0.1, -0.05) is 28.1 Å². The highest BCUT2D eigenvalue weighted by molar-refractivity contribution is 9.10. The van der Waals surface area contributed by atoms with Crippen LogP contribution in [0.25, 0.3) is 0 Å². The minimum absolute atomic E-state index is 0.176. The smallest absolute Gasteiger partial charge is 0.410 e. The highest BCUT2D eigenvalue weighted by atomic mass is 79.9. The molecule has 1 heterocycles. The fraction of sp³-hybridized carbons (Fsp3) is 0.588. The summed E-state index contributed by atoms with van der Waals surface area (Å²) in [5.41, 5.74) is 2.21. The first kappa shape index (κ1) is 14.9. The van der Waals surface area contributed by atoms with Gasteiger partial charge in [-0.2, -0.15) is 0 Å². The van der Waals surface area contributed by atoms with Crippen LogP contribution in [0.2, 0.25) is 0 Å². The summed E-state index contributed by atoms with van der Waals surface area (Å²) in [5, 5.41) is 0. The van der Waals surface area contributed by atoms with Crippen molar-refractivity contribution < 1.29 is 9.53 Å². The van der Waals surface area contributed by atoms with Gasteiger partial charge in [-0.15, -0.1) is 0 Å². The van der Waals surface area contributed by atoms with E-state index in [0.29, 0.717) is 5.92 Å². The summed E-state index contributed by atoms with van der Waals surface area (Å²) in [6, 6.07) is 6.50. The van der Waals surface area contributed by atoms with Gasteiger partial charge < -0.3 is 9.64 Å². The van der Waals surface area contributed by atoms with Crippen molar-refractivity contribution >= 4 is 22.0 Å². The van der Waals surface area contributed by atoms with Crippen LogP contribution in [0.1, 0.15) is 50.8 Å². The van der Waals surface area contributed by atoms with Crippen LogP contribution in [0.4, 0.5) is 4.79 Å². The molecule has 1 unspecified atom stereocenters. The molecular weight excluding hydrogens is 330 g/mol. The Morgan fingerprint density at radius 1 is 1.33 bits per heavy atom. The summed E-state index contributed by atoms with van der Waals surface area (Å²) in [6.07, 6.45) is 3.12. The predicted octanol–water partition coefficient (Wildman–Crippen LogP) is 4.69. The highest BCUT2D eigenvalue weighted by Crippen LogP contribution is 2.48. The number of fused-ring (bicyclic) bond motifs is 1. The summed E-state index contributed by atoms with van der Waals surface area (Å²) in [7, 11) is 0. The summed E-state index contributed by atoms with van der Waals surface area (Å²) in [6.45, 7) is 6.51. The van der Waals surface area contributed by atoms with Crippen LogP contribution < -0.4 is 0 Å². The first-order valence-corrected chi connectivity index (χ1v) is 8.43. The minimum atomic E-state index is -0.442. The largest absolute Gasteiger partial charge is 0.444 e. The quantitative estimate of drug-likeness (QED) is 0.734. The lowest BCUT2D eigenvalue weighted by Crippen LogP contribution is -2.43. The van der Waals surface area contributed by atoms with Crippen LogP contribution in [-0.4, -0.2) is 23.1 Å². The number of rotatable bonds is 1. The molecule has 0 N–H and O–H groups in total. The lowest BCUT2D eigenvalue weighted by Gasteiger charge is -2.38. The Morgan fingerprint density at radius 3 is 2.67 bits per heavy atom. The number of hydrogen-bond acceptors (Lipinski definition) is 2. The van der Waals surface area contributed by atoms with Crippen molar-refractivity contribution in [1.82, 2.24) is 4.90 Å². The Morgan fingerprint density at radius 2 is 2.05 bits per heavy atom. The van der Waals surface area contributed by atoms with Crippen molar-refractivity contribution in [3.05, 3.63) is 33.8 Å². The van der Waals surface area contributed by atoms with Crippen LogP contribution in [0, 0.1) is 5.92 Å². The van der Waals surface area contributed by atoms with Gasteiger partial charge in [-0.05, 0) is 63.1 Å². The molecule has 1 aromatic rings. The molecule has 3 rings (SSSR count). The molecule has 1 atom stereocenters. The van der Waals surface area contributed by atoms with E-state index in [1.54, 1.807) is 0 Å². The highest BCUT2D eigenvalue weighted by Gasteiger charge is 2.43. The molecular formula is C17H22BrNO2. The maximum atomic E-state index is 12.5. The van der Waals surface area contributed by atoms with Crippen molar-refractivity contribution in [3.63, 3.8) is 0 Å². The SMILES string of the molecule is CC(C)(C)OC(=O)N1CCc2c(Br)cccc2C1C1CC1. The van der Waals surface area contributed by atoms with Crippen molar-refractivity contribution in [2.75, 3.05) is 6.54 Å². The number of nitrogens with zero attached hydrogens (tertiary/aromatic N) is 1. The van der Waals surface area contributed by atoms with Crippen molar-refractivity contribution in [1.29, 1.82) is 0 Å². The monoisotopic (exact) mass is 351 g/mol. The molecule has 1 amide bonds. The molecule has 1 aromatic carbocycles. The molecule has 0 radical (unpaired) electrons. The van der Waals surface area contributed by atoms with Gasteiger partial charge in [0.25, 0.3) is 0 Å². The standard InChI is InChI=1S/C17H22BrNO2/c1-17(2,3)21-16(20)19-10-9-12-13(5-4-6-14(12)18)15(19)11-7-8-11/h4-6,11,15H,7-10H2,1-3H3. The normalized spacial score (nSPS) is 21.9. The van der Waals surface area contributed by atoms with Crippen LogP contribution in [0.3, 0.4) is 0 Å². The number of benzene rings is 1. The maximum absolute atomic E-state index is 12.5. The van der Waals surface area contributed by atoms with E-state index in [2.05, 4.69) is 34.1 Å². The van der Waals surface area contributed by atoms with E-state index in [0.717, 1.165) is 17.4 Å². The van der Waals surface area contributed by atoms with E-state index in [9.17, 15) is 4.79 Å². The van der Waals surface area contributed by atoms with Crippen molar-refractivity contribution in [2.45, 2.75) is 51.7 Å². The zero-order valence-corrected chi connectivity index (χ0v) is 14.4. The zero-order chi connectivity index (χ0) is 15.2. The van der Waals surface area contributed by atoms with Gasteiger partial charge in [-0.25, -0.2) is 4.79 Å². The van der Waals surface area contributed by atoms with E-state index < -0.39 is 5.60 Å². The molecule has 1 aliphatic carbocycles.